The Hall–Kier alpha value is -3.22. The standard InChI is InChI=1S/C21H19ClF3N5O3S/c1-12-3-4-15(9-16(12)21(23,24)25)34(31,32)30-17-8-14(22)10-28-20(17)19(29-11-33-2)13-5-6-27-18(26)7-13/h3-10,30H,11H2,1-2H3,(H2,26,27). The van der Waals surface area contributed by atoms with Crippen molar-refractivity contribution in [2.75, 3.05) is 24.3 Å². The number of benzene rings is 1. The number of halogens is 4. The summed E-state index contributed by atoms with van der Waals surface area (Å²) in [5.41, 5.74) is 5.19. The summed E-state index contributed by atoms with van der Waals surface area (Å²) in [6.45, 7) is 1.14. The Kier molecular flexibility index (Phi) is 7.44. The predicted octanol–water partition coefficient (Wildman–Crippen LogP) is 4.28. The molecule has 0 atom stereocenters. The van der Waals surface area contributed by atoms with Crippen LogP contribution in [-0.4, -0.2) is 37.9 Å². The number of aryl methyl sites for hydroxylation is 1. The van der Waals surface area contributed by atoms with Crippen molar-refractivity contribution in [2.24, 2.45) is 4.99 Å². The Morgan fingerprint density at radius 3 is 2.59 bits per heavy atom. The van der Waals surface area contributed by atoms with Gasteiger partial charge in [-0.25, -0.2) is 13.4 Å². The summed E-state index contributed by atoms with van der Waals surface area (Å²) in [6, 6.07) is 7.08. The van der Waals surface area contributed by atoms with Crippen molar-refractivity contribution in [3.8, 4) is 0 Å². The van der Waals surface area contributed by atoms with Gasteiger partial charge in [0, 0.05) is 25.1 Å². The third-order valence-corrected chi connectivity index (χ3v) is 6.12. The topological polar surface area (TPSA) is 120 Å². The van der Waals surface area contributed by atoms with Crippen molar-refractivity contribution < 1.29 is 26.3 Å². The van der Waals surface area contributed by atoms with E-state index in [2.05, 4.69) is 19.7 Å². The summed E-state index contributed by atoms with van der Waals surface area (Å²) in [4.78, 5) is 11.8. The number of hydrogen-bond donors (Lipinski definition) is 2. The first kappa shape index (κ1) is 25.4. The summed E-state index contributed by atoms with van der Waals surface area (Å²) in [5, 5.41) is 0.0849. The Balaban J connectivity index is 2.12. The third-order valence-electron chi connectivity index (χ3n) is 4.55. The van der Waals surface area contributed by atoms with E-state index in [1.165, 1.54) is 38.6 Å². The number of nitrogens with zero attached hydrogens (tertiary/aromatic N) is 3. The maximum Gasteiger partial charge on any atom is 0.416 e. The molecule has 8 nitrogen and oxygen atoms in total. The molecule has 0 unspecified atom stereocenters. The van der Waals surface area contributed by atoms with Gasteiger partial charge in [0.05, 0.1) is 26.9 Å². The number of hydrogen-bond acceptors (Lipinski definition) is 7. The smallest absolute Gasteiger partial charge is 0.384 e. The first-order chi connectivity index (χ1) is 15.9. The lowest BCUT2D eigenvalue weighted by Crippen LogP contribution is -2.19. The van der Waals surface area contributed by atoms with Crippen LogP contribution in [0.3, 0.4) is 0 Å². The minimum absolute atomic E-state index is 0.0544. The highest BCUT2D eigenvalue weighted by Crippen LogP contribution is 2.34. The van der Waals surface area contributed by atoms with Crippen molar-refractivity contribution in [1.82, 2.24) is 9.97 Å². The van der Waals surface area contributed by atoms with Crippen LogP contribution in [0, 0.1) is 6.92 Å². The molecule has 0 aliphatic rings. The van der Waals surface area contributed by atoms with E-state index < -0.39 is 26.7 Å². The number of alkyl halides is 3. The van der Waals surface area contributed by atoms with Gasteiger partial charge in [-0.05, 0) is 42.8 Å². The summed E-state index contributed by atoms with van der Waals surface area (Å²) in [6.07, 6.45) is -2.02. The molecule has 13 heteroatoms. The van der Waals surface area contributed by atoms with Crippen LogP contribution < -0.4 is 10.5 Å². The van der Waals surface area contributed by atoms with Crippen LogP contribution in [0.15, 0.2) is 58.7 Å². The molecular weight excluding hydrogens is 495 g/mol. The fraction of sp³-hybridized carbons (Fsp3) is 0.190. The lowest BCUT2D eigenvalue weighted by Gasteiger charge is -2.16. The summed E-state index contributed by atoms with van der Waals surface area (Å²) >= 11 is 6.04. The molecule has 0 saturated heterocycles. The van der Waals surface area contributed by atoms with Crippen molar-refractivity contribution in [2.45, 2.75) is 18.0 Å². The van der Waals surface area contributed by atoms with Gasteiger partial charge in [0.25, 0.3) is 10.0 Å². The van der Waals surface area contributed by atoms with Crippen LogP contribution in [0.4, 0.5) is 24.7 Å². The number of aliphatic imine (C=N–C) groups is 1. The molecule has 2 heterocycles. The van der Waals surface area contributed by atoms with Gasteiger partial charge in [0.1, 0.15) is 18.2 Å². The zero-order valence-electron chi connectivity index (χ0n) is 17.9. The van der Waals surface area contributed by atoms with Gasteiger partial charge in [0.15, 0.2) is 0 Å². The first-order valence-corrected chi connectivity index (χ1v) is 11.4. The molecule has 1 aromatic carbocycles. The van der Waals surface area contributed by atoms with Gasteiger partial charge in [-0.2, -0.15) is 13.2 Å². The van der Waals surface area contributed by atoms with E-state index >= 15 is 0 Å². The number of ether oxygens (including phenoxy) is 1. The SMILES string of the molecule is COCN=C(c1ccnc(N)c1)c1ncc(Cl)cc1NS(=O)(=O)c1ccc(C)c(C(F)(F)F)c1. The number of pyridine rings is 2. The minimum Gasteiger partial charge on any atom is -0.384 e. The zero-order chi connectivity index (χ0) is 25.1. The molecule has 0 bridgehead atoms. The number of methoxy groups -OCH3 is 1. The largest absolute Gasteiger partial charge is 0.416 e. The predicted molar refractivity (Wildman–Crippen MR) is 122 cm³/mol. The van der Waals surface area contributed by atoms with Gasteiger partial charge < -0.3 is 10.5 Å². The lowest BCUT2D eigenvalue weighted by atomic mass is 10.1. The third kappa shape index (κ3) is 5.82. The summed E-state index contributed by atoms with van der Waals surface area (Å²) in [7, 11) is -3.06. The maximum absolute atomic E-state index is 13.3. The van der Waals surface area contributed by atoms with E-state index in [1.807, 2.05) is 0 Å². The summed E-state index contributed by atoms with van der Waals surface area (Å²) in [5.74, 6) is 0.179. The molecule has 0 saturated carbocycles. The quantitative estimate of drug-likeness (QED) is 0.455. The van der Waals surface area contributed by atoms with E-state index in [0.717, 1.165) is 12.1 Å². The molecule has 0 aliphatic heterocycles. The van der Waals surface area contributed by atoms with Crippen LogP contribution in [-0.2, 0) is 20.9 Å². The number of nitrogens with one attached hydrogen (secondary N) is 1. The highest BCUT2D eigenvalue weighted by Gasteiger charge is 2.34. The fourth-order valence-corrected chi connectivity index (χ4v) is 4.25. The number of nitrogens with two attached hydrogens (primary N) is 1. The van der Waals surface area contributed by atoms with Gasteiger partial charge in [-0.3, -0.25) is 14.7 Å². The molecule has 0 aliphatic carbocycles. The number of nitrogen functional groups attached to an aromatic ring is 1. The van der Waals surface area contributed by atoms with Gasteiger partial charge in [0.2, 0.25) is 0 Å². The molecule has 0 radical (unpaired) electrons. The molecular formula is C21H19ClF3N5O3S. The second kappa shape index (κ2) is 9.95. The van der Waals surface area contributed by atoms with Crippen molar-refractivity contribution in [3.05, 3.63) is 76.2 Å². The van der Waals surface area contributed by atoms with Crippen molar-refractivity contribution in [3.63, 3.8) is 0 Å². The van der Waals surface area contributed by atoms with Gasteiger partial charge in [-0.1, -0.05) is 17.7 Å². The Morgan fingerprint density at radius 2 is 1.94 bits per heavy atom. The zero-order valence-corrected chi connectivity index (χ0v) is 19.5. The molecule has 3 aromatic rings. The lowest BCUT2D eigenvalue weighted by molar-refractivity contribution is -0.138. The second-order valence-corrected chi connectivity index (χ2v) is 9.14. The molecule has 180 valence electrons. The molecule has 34 heavy (non-hydrogen) atoms. The summed E-state index contributed by atoms with van der Waals surface area (Å²) < 4.78 is 73.3. The van der Waals surface area contributed by atoms with E-state index in [-0.39, 0.29) is 40.2 Å². The van der Waals surface area contributed by atoms with E-state index in [4.69, 9.17) is 22.1 Å². The molecule has 0 spiro atoms. The fourth-order valence-electron chi connectivity index (χ4n) is 3.01. The van der Waals surface area contributed by atoms with E-state index in [9.17, 15) is 21.6 Å². The first-order valence-electron chi connectivity index (χ1n) is 9.54. The number of aromatic nitrogens is 2. The molecule has 0 amide bonds. The highest BCUT2D eigenvalue weighted by atomic mass is 35.5. The maximum atomic E-state index is 13.3. The average Bonchev–Trinajstić information content (AvgIpc) is 2.74. The number of sulfonamides is 1. The van der Waals surface area contributed by atoms with Gasteiger partial charge in [-0.15, -0.1) is 0 Å². The number of anilines is 2. The Labute approximate surface area is 198 Å². The van der Waals surface area contributed by atoms with Crippen LogP contribution in [0.2, 0.25) is 5.02 Å². The average molecular weight is 514 g/mol. The van der Waals surface area contributed by atoms with E-state index in [0.29, 0.717) is 11.6 Å². The molecule has 3 rings (SSSR count). The van der Waals surface area contributed by atoms with E-state index in [1.54, 1.807) is 6.07 Å². The Morgan fingerprint density at radius 1 is 1.21 bits per heavy atom. The number of rotatable bonds is 7. The monoisotopic (exact) mass is 513 g/mol. The highest BCUT2D eigenvalue weighted by molar-refractivity contribution is 7.92. The van der Waals surface area contributed by atoms with Crippen molar-refractivity contribution in [1.29, 1.82) is 0 Å². The van der Waals surface area contributed by atoms with Gasteiger partial charge >= 0.3 is 6.18 Å². The molecule has 0 fully saturated rings. The van der Waals surface area contributed by atoms with Crippen molar-refractivity contribution >= 4 is 38.8 Å². The second-order valence-electron chi connectivity index (χ2n) is 7.02. The molecule has 2 aromatic heterocycles. The van der Waals surface area contributed by atoms with Crippen LogP contribution in [0.25, 0.3) is 0 Å². The van der Waals surface area contributed by atoms with Crippen LogP contribution in [0.1, 0.15) is 22.4 Å². The van der Waals surface area contributed by atoms with Crippen LogP contribution >= 0.6 is 11.6 Å². The van der Waals surface area contributed by atoms with Crippen LogP contribution in [0.5, 0.6) is 0 Å². The normalized spacial score (nSPS) is 12.6. The minimum atomic E-state index is -4.72. The molecule has 3 N–H and O–H groups in total. The Bertz CT molecular complexity index is 1350.